The molecule has 3 aromatic carbocycles. The molecule has 0 aliphatic heterocycles. The molecular weight excluding hydrogens is 367 g/mol. The summed E-state index contributed by atoms with van der Waals surface area (Å²) < 4.78 is 19.1. The molecule has 0 saturated heterocycles. The topological polar surface area (TPSA) is 64.3 Å². The summed E-state index contributed by atoms with van der Waals surface area (Å²) in [4.78, 5) is 12.1. The molecular formula is C24H19FN2O2. The molecule has 0 heterocycles. The second-order valence-corrected chi connectivity index (χ2v) is 6.72. The lowest BCUT2D eigenvalue weighted by molar-refractivity contribution is 0.144. The molecule has 0 unspecified atom stereocenters. The Morgan fingerprint density at radius 1 is 1.03 bits per heavy atom. The highest BCUT2D eigenvalue weighted by molar-refractivity contribution is 5.79. The number of benzene rings is 3. The molecule has 0 aromatic heterocycles. The number of hydrogen-bond acceptors (Lipinski definition) is 3. The first-order valence-corrected chi connectivity index (χ1v) is 9.26. The van der Waals surface area contributed by atoms with Crippen LogP contribution >= 0.6 is 0 Å². The largest absolute Gasteiger partial charge is 0.449 e. The third kappa shape index (κ3) is 3.92. The van der Waals surface area contributed by atoms with E-state index < -0.39 is 11.9 Å². The number of carbonyl (C=O) groups excluding carboxylic acids is 1. The van der Waals surface area contributed by atoms with Crippen LogP contribution in [-0.2, 0) is 4.74 Å². The first-order chi connectivity index (χ1) is 14.1. The van der Waals surface area contributed by atoms with E-state index in [0.717, 1.165) is 11.1 Å². The lowest BCUT2D eigenvalue weighted by Gasteiger charge is -2.14. The molecule has 1 aliphatic carbocycles. The molecule has 5 heteroatoms. The van der Waals surface area contributed by atoms with Gasteiger partial charge in [0.15, 0.2) is 0 Å². The van der Waals surface area contributed by atoms with E-state index in [4.69, 9.17) is 10.5 Å². The smallest absolute Gasteiger partial charge is 0.407 e. The van der Waals surface area contributed by atoms with Crippen LogP contribution in [0.1, 0.15) is 22.6 Å². The zero-order valence-electron chi connectivity index (χ0n) is 15.6. The highest BCUT2D eigenvalue weighted by Crippen LogP contribution is 2.44. The lowest BCUT2D eigenvalue weighted by atomic mass is 9.98. The van der Waals surface area contributed by atoms with Gasteiger partial charge in [-0.25, -0.2) is 9.18 Å². The van der Waals surface area contributed by atoms with Crippen molar-refractivity contribution in [3.05, 3.63) is 89.2 Å². The minimum atomic E-state index is -0.557. The van der Waals surface area contributed by atoms with E-state index >= 15 is 0 Å². The summed E-state index contributed by atoms with van der Waals surface area (Å²) in [7, 11) is 0. The molecule has 1 aliphatic rings. The summed E-state index contributed by atoms with van der Waals surface area (Å²) in [6, 6.07) is 20.6. The van der Waals surface area contributed by atoms with Crippen LogP contribution in [0.3, 0.4) is 0 Å². The fourth-order valence-corrected chi connectivity index (χ4v) is 3.54. The summed E-state index contributed by atoms with van der Waals surface area (Å²) in [5, 5.41) is 2.57. The summed E-state index contributed by atoms with van der Waals surface area (Å²) in [6.45, 7) is 0.292. The van der Waals surface area contributed by atoms with Crippen molar-refractivity contribution >= 4 is 11.8 Å². The van der Waals surface area contributed by atoms with E-state index in [2.05, 4.69) is 41.4 Å². The molecule has 29 heavy (non-hydrogen) atoms. The number of halogens is 1. The van der Waals surface area contributed by atoms with Gasteiger partial charge in [-0.15, -0.1) is 0 Å². The van der Waals surface area contributed by atoms with Gasteiger partial charge in [-0.1, -0.05) is 60.4 Å². The molecule has 0 spiro atoms. The molecule has 0 fully saturated rings. The predicted molar refractivity (Wildman–Crippen MR) is 111 cm³/mol. The Kier molecular flexibility index (Phi) is 5.17. The summed E-state index contributed by atoms with van der Waals surface area (Å²) in [6.07, 6.45) is -0.557. The number of nitrogens with one attached hydrogen (secondary N) is 1. The van der Waals surface area contributed by atoms with Crippen LogP contribution in [0.4, 0.5) is 14.9 Å². The summed E-state index contributed by atoms with van der Waals surface area (Å²) in [5.41, 5.74) is 10.7. The number of rotatable bonds is 3. The standard InChI is InChI=1S/C24H19FN2O2/c25-23-14-17(26)12-11-16(23)6-5-13-27-24(28)29-15-22-20-9-3-1-7-18(20)19-8-2-4-10-21(19)22/h1-4,7-12,14,22H,13,15,26H2,(H,27,28). The Labute approximate surface area is 168 Å². The zero-order chi connectivity index (χ0) is 20.2. The Bertz CT molecular complexity index is 1090. The van der Waals surface area contributed by atoms with Crippen molar-refractivity contribution in [3.8, 4) is 23.0 Å². The van der Waals surface area contributed by atoms with E-state index in [1.54, 1.807) is 6.07 Å². The fraction of sp³-hybridized carbons (Fsp3) is 0.125. The van der Waals surface area contributed by atoms with Gasteiger partial charge in [-0.05, 0) is 40.5 Å². The SMILES string of the molecule is Nc1ccc(C#CCNC(=O)OCC2c3ccccc3-c3ccccc32)c(F)c1. The van der Waals surface area contributed by atoms with Gasteiger partial charge in [0.1, 0.15) is 12.4 Å². The molecule has 144 valence electrons. The van der Waals surface area contributed by atoms with Crippen molar-refractivity contribution in [2.45, 2.75) is 5.92 Å². The van der Waals surface area contributed by atoms with Crippen molar-refractivity contribution in [2.24, 2.45) is 0 Å². The van der Waals surface area contributed by atoms with E-state index in [-0.39, 0.29) is 24.6 Å². The average molecular weight is 386 g/mol. The normalized spacial score (nSPS) is 11.8. The molecule has 3 N–H and O–H groups in total. The van der Waals surface area contributed by atoms with Crippen LogP contribution < -0.4 is 11.1 Å². The van der Waals surface area contributed by atoms with Crippen molar-refractivity contribution in [1.29, 1.82) is 0 Å². The first-order valence-electron chi connectivity index (χ1n) is 9.26. The van der Waals surface area contributed by atoms with Crippen LogP contribution in [0, 0.1) is 17.7 Å². The molecule has 0 atom stereocenters. The molecule has 4 nitrogen and oxygen atoms in total. The minimum Gasteiger partial charge on any atom is -0.449 e. The predicted octanol–water partition coefficient (Wildman–Crippen LogP) is 4.30. The maximum Gasteiger partial charge on any atom is 0.407 e. The van der Waals surface area contributed by atoms with Gasteiger partial charge >= 0.3 is 6.09 Å². The Balaban J connectivity index is 1.35. The van der Waals surface area contributed by atoms with Gasteiger partial charge in [-0.2, -0.15) is 0 Å². The second kappa shape index (κ2) is 8.07. The van der Waals surface area contributed by atoms with E-state index in [1.807, 2.05) is 24.3 Å². The number of fused-ring (bicyclic) bond motifs is 3. The minimum absolute atomic E-state index is 0.00288. The average Bonchev–Trinajstić information content (AvgIpc) is 3.05. The first kappa shape index (κ1) is 18.6. The second-order valence-electron chi connectivity index (χ2n) is 6.72. The number of hydrogen-bond donors (Lipinski definition) is 2. The highest BCUT2D eigenvalue weighted by atomic mass is 19.1. The Morgan fingerprint density at radius 3 is 2.34 bits per heavy atom. The third-order valence-corrected chi connectivity index (χ3v) is 4.88. The van der Waals surface area contributed by atoms with Crippen molar-refractivity contribution < 1.29 is 13.9 Å². The van der Waals surface area contributed by atoms with Crippen molar-refractivity contribution in [3.63, 3.8) is 0 Å². The Morgan fingerprint density at radius 2 is 1.69 bits per heavy atom. The third-order valence-electron chi connectivity index (χ3n) is 4.88. The van der Waals surface area contributed by atoms with Gasteiger partial charge in [0.2, 0.25) is 0 Å². The number of nitrogens with two attached hydrogens (primary N) is 1. The lowest BCUT2D eigenvalue weighted by Crippen LogP contribution is -2.26. The van der Waals surface area contributed by atoms with Gasteiger partial charge in [0, 0.05) is 11.6 Å². The van der Waals surface area contributed by atoms with Crippen molar-refractivity contribution in [2.75, 3.05) is 18.9 Å². The van der Waals surface area contributed by atoms with Crippen LogP contribution in [0.25, 0.3) is 11.1 Å². The fourth-order valence-electron chi connectivity index (χ4n) is 3.54. The number of anilines is 1. The van der Waals surface area contributed by atoms with E-state index in [9.17, 15) is 9.18 Å². The zero-order valence-corrected chi connectivity index (χ0v) is 15.6. The number of nitrogen functional groups attached to an aromatic ring is 1. The molecule has 1 amide bonds. The van der Waals surface area contributed by atoms with Crippen LogP contribution in [0.2, 0.25) is 0 Å². The molecule has 4 rings (SSSR count). The molecule has 3 aromatic rings. The number of alkyl carbamates (subject to hydrolysis) is 1. The maximum atomic E-state index is 13.7. The van der Waals surface area contributed by atoms with Crippen LogP contribution in [-0.4, -0.2) is 19.2 Å². The van der Waals surface area contributed by atoms with Gasteiger partial charge in [-0.3, -0.25) is 0 Å². The number of amides is 1. The summed E-state index contributed by atoms with van der Waals surface area (Å²) >= 11 is 0. The van der Waals surface area contributed by atoms with E-state index in [1.165, 1.54) is 23.3 Å². The monoisotopic (exact) mass is 386 g/mol. The molecule has 0 bridgehead atoms. The van der Waals surface area contributed by atoms with Gasteiger partial charge in [0.25, 0.3) is 0 Å². The molecule has 0 saturated carbocycles. The van der Waals surface area contributed by atoms with Crippen LogP contribution in [0.5, 0.6) is 0 Å². The Hall–Kier alpha value is -3.78. The summed E-state index contributed by atoms with van der Waals surface area (Å²) in [5.74, 6) is 4.89. The maximum absolute atomic E-state index is 13.7. The molecule has 0 radical (unpaired) electrons. The van der Waals surface area contributed by atoms with Gasteiger partial charge < -0.3 is 15.8 Å². The van der Waals surface area contributed by atoms with E-state index in [0.29, 0.717) is 5.69 Å². The van der Waals surface area contributed by atoms with Crippen molar-refractivity contribution in [1.82, 2.24) is 5.32 Å². The number of ether oxygens (including phenoxy) is 1. The number of carbonyl (C=O) groups is 1. The highest BCUT2D eigenvalue weighted by Gasteiger charge is 2.28. The van der Waals surface area contributed by atoms with Crippen LogP contribution in [0.15, 0.2) is 66.7 Å². The van der Waals surface area contributed by atoms with Gasteiger partial charge in [0.05, 0.1) is 12.1 Å². The quantitative estimate of drug-likeness (QED) is 0.521.